The van der Waals surface area contributed by atoms with Gasteiger partial charge in [0.1, 0.15) is 6.04 Å². The molecule has 7 nitrogen and oxygen atoms in total. The molecule has 1 heterocycles. The number of nitrogens with one attached hydrogen (secondary N) is 1. The number of alkyl halides is 3. The first-order valence-electron chi connectivity index (χ1n) is 9.57. The van der Waals surface area contributed by atoms with E-state index in [2.05, 4.69) is 15.5 Å². The number of fused-ring (bicyclic) bond motifs is 1. The van der Waals surface area contributed by atoms with Crippen LogP contribution in [0.2, 0.25) is 0 Å². The lowest BCUT2D eigenvalue weighted by Crippen LogP contribution is -2.47. The number of carboxylic acids is 1. The highest BCUT2D eigenvalue weighted by molar-refractivity contribution is 8.01. The van der Waals surface area contributed by atoms with E-state index in [1.54, 1.807) is 30.3 Å². The first-order valence-corrected chi connectivity index (χ1v) is 10.4. The Labute approximate surface area is 186 Å². The minimum absolute atomic E-state index is 0.144. The quantitative estimate of drug-likeness (QED) is 0.529. The number of nitrogens with zero attached hydrogens (tertiary/aromatic N) is 3. The first kappa shape index (κ1) is 23.6. The molecule has 170 valence electrons. The summed E-state index contributed by atoms with van der Waals surface area (Å²) in [5, 5.41) is 19.7. The number of carbonyl (C=O) groups is 2. The number of aromatic nitrogens is 3. The molecule has 11 heteroatoms. The van der Waals surface area contributed by atoms with Crippen molar-refractivity contribution in [3.05, 3.63) is 47.8 Å². The number of aliphatic carboxylic acids is 1. The molecule has 0 fully saturated rings. The third-order valence-electron chi connectivity index (χ3n) is 4.86. The van der Waals surface area contributed by atoms with Crippen LogP contribution in [0.25, 0.3) is 16.5 Å². The Morgan fingerprint density at radius 2 is 1.72 bits per heavy atom. The van der Waals surface area contributed by atoms with Crippen LogP contribution in [0, 0.1) is 6.92 Å². The second kappa shape index (κ2) is 8.45. The van der Waals surface area contributed by atoms with Gasteiger partial charge in [-0.3, -0.25) is 14.2 Å². The van der Waals surface area contributed by atoms with Crippen molar-refractivity contribution in [2.75, 3.05) is 0 Å². The molecule has 1 aromatic heterocycles. The van der Waals surface area contributed by atoms with Gasteiger partial charge in [0.2, 0.25) is 11.7 Å². The van der Waals surface area contributed by atoms with Gasteiger partial charge in [0, 0.05) is 5.39 Å². The Balaban J connectivity index is 2.13. The Bertz CT molecular complexity index is 1190. The molecule has 32 heavy (non-hydrogen) atoms. The third-order valence-corrected chi connectivity index (χ3v) is 6.00. The molecule has 2 aromatic carbocycles. The van der Waals surface area contributed by atoms with Gasteiger partial charge < -0.3 is 10.4 Å². The summed E-state index contributed by atoms with van der Waals surface area (Å²) in [5.74, 6) is -3.11. The summed E-state index contributed by atoms with van der Waals surface area (Å²) < 4.78 is 41.0. The van der Waals surface area contributed by atoms with Gasteiger partial charge in [0.25, 0.3) is 0 Å². The van der Waals surface area contributed by atoms with E-state index in [0.717, 1.165) is 27.3 Å². The minimum Gasteiger partial charge on any atom is -0.480 e. The zero-order chi connectivity index (χ0) is 23.8. The molecular formula is C21H21F3N4O3S. The molecule has 0 saturated heterocycles. The van der Waals surface area contributed by atoms with Gasteiger partial charge in [-0.2, -0.15) is 13.2 Å². The summed E-state index contributed by atoms with van der Waals surface area (Å²) in [7, 11) is 0. The summed E-state index contributed by atoms with van der Waals surface area (Å²) in [4.78, 5) is 23.7. The molecule has 3 rings (SSSR count). The van der Waals surface area contributed by atoms with Crippen molar-refractivity contribution >= 4 is 34.4 Å². The van der Waals surface area contributed by atoms with Gasteiger partial charge in [-0.1, -0.05) is 42.1 Å². The molecule has 1 atom stereocenters. The number of carbonyl (C=O) groups excluding carboxylic acids is 1. The number of halogens is 3. The van der Waals surface area contributed by atoms with Gasteiger partial charge in [0.05, 0.1) is 10.4 Å². The van der Waals surface area contributed by atoms with Gasteiger partial charge in [-0.25, -0.2) is 0 Å². The maximum Gasteiger partial charge on any atom is 0.452 e. The van der Waals surface area contributed by atoms with E-state index in [0.29, 0.717) is 5.39 Å². The molecule has 3 aromatic rings. The van der Waals surface area contributed by atoms with E-state index in [4.69, 9.17) is 5.11 Å². The Kier molecular flexibility index (Phi) is 6.23. The van der Waals surface area contributed by atoms with Crippen molar-refractivity contribution in [2.45, 2.75) is 49.8 Å². The topological polar surface area (TPSA) is 97.1 Å². The summed E-state index contributed by atoms with van der Waals surface area (Å²) in [5.41, 5.74) is 1.11. The smallest absolute Gasteiger partial charge is 0.452 e. The zero-order valence-electron chi connectivity index (χ0n) is 17.7. The monoisotopic (exact) mass is 466 g/mol. The van der Waals surface area contributed by atoms with Crippen LogP contribution in [-0.4, -0.2) is 42.5 Å². The fourth-order valence-electron chi connectivity index (χ4n) is 3.07. The Morgan fingerprint density at radius 3 is 2.31 bits per heavy atom. The van der Waals surface area contributed by atoms with Crippen molar-refractivity contribution in [1.29, 1.82) is 0 Å². The van der Waals surface area contributed by atoms with Crippen LogP contribution in [0.15, 0.2) is 41.6 Å². The summed E-state index contributed by atoms with van der Waals surface area (Å²) in [6.07, 6.45) is -4.79. The van der Waals surface area contributed by atoms with Crippen molar-refractivity contribution < 1.29 is 27.9 Å². The largest absolute Gasteiger partial charge is 0.480 e. The molecule has 0 aliphatic carbocycles. The van der Waals surface area contributed by atoms with Crippen LogP contribution in [0.3, 0.4) is 0 Å². The molecule has 0 aliphatic rings. The average Bonchev–Trinajstić information content (AvgIpc) is 3.11. The molecule has 1 amide bonds. The fourth-order valence-corrected chi connectivity index (χ4v) is 4.04. The lowest BCUT2D eigenvalue weighted by atomic mass is 10.0. The molecule has 0 bridgehead atoms. The van der Waals surface area contributed by atoms with Crippen LogP contribution in [0.4, 0.5) is 13.2 Å². The SMILES string of the molecule is Cc1ccc(-n2c(SC(C)(C)C(=O)NC(C)C(=O)O)nnc2C(F)(F)F)c2ccccc12. The van der Waals surface area contributed by atoms with E-state index >= 15 is 0 Å². The van der Waals surface area contributed by atoms with E-state index < -0.39 is 34.7 Å². The van der Waals surface area contributed by atoms with Gasteiger partial charge in [0.15, 0.2) is 5.16 Å². The number of benzene rings is 2. The maximum absolute atomic E-state index is 13.8. The van der Waals surface area contributed by atoms with E-state index in [1.807, 2.05) is 13.0 Å². The van der Waals surface area contributed by atoms with Crippen LogP contribution in [-0.2, 0) is 15.8 Å². The van der Waals surface area contributed by atoms with Crippen molar-refractivity contribution in [1.82, 2.24) is 20.1 Å². The highest BCUT2D eigenvalue weighted by Gasteiger charge is 2.41. The lowest BCUT2D eigenvalue weighted by molar-refractivity contribution is -0.146. The van der Waals surface area contributed by atoms with E-state index in [1.165, 1.54) is 20.8 Å². The highest BCUT2D eigenvalue weighted by atomic mass is 32.2. The first-order chi connectivity index (χ1) is 14.8. The standard InChI is InChI=1S/C21H21F3N4O3S/c1-11-9-10-15(14-8-6-5-7-13(11)14)28-17(21(22,23)24)26-27-19(28)32-20(3,4)18(31)25-12(2)16(29)30/h5-10,12H,1-4H3,(H,25,31)(H,29,30). The molecular weight excluding hydrogens is 445 g/mol. The predicted molar refractivity (Wildman–Crippen MR) is 114 cm³/mol. The Morgan fingerprint density at radius 1 is 1.09 bits per heavy atom. The van der Waals surface area contributed by atoms with Gasteiger partial charge in [-0.05, 0) is 44.7 Å². The second-order valence-corrected chi connectivity index (χ2v) is 9.32. The van der Waals surface area contributed by atoms with Crippen molar-refractivity contribution in [2.24, 2.45) is 0 Å². The number of thioether (sulfide) groups is 1. The number of aryl methyl sites for hydroxylation is 1. The van der Waals surface area contributed by atoms with E-state index in [9.17, 15) is 22.8 Å². The minimum atomic E-state index is -4.79. The molecule has 1 unspecified atom stereocenters. The van der Waals surface area contributed by atoms with Gasteiger partial charge in [-0.15, -0.1) is 10.2 Å². The average molecular weight is 466 g/mol. The van der Waals surface area contributed by atoms with Crippen LogP contribution in [0.1, 0.15) is 32.2 Å². The van der Waals surface area contributed by atoms with Crippen LogP contribution < -0.4 is 5.32 Å². The summed E-state index contributed by atoms with van der Waals surface area (Å²) >= 11 is 0.763. The fraction of sp³-hybridized carbons (Fsp3) is 0.333. The lowest BCUT2D eigenvalue weighted by Gasteiger charge is -2.24. The van der Waals surface area contributed by atoms with Crippen LogP contribution >= 0.6 is 11.8 Å². The maximum atomic E-state index is 13.8. The predicted octanol–water partition coefficient (Wildman–Crippen LogP) is 4.21. The molecule has 0 saturated carbocycles. The van der Waals surface area contributed by atoms with Crippen molar-refractivity contribution in [3.63, 3.8) is 0 Å². The molecule has 2 N–H and O–H groups in total. The van der Waals surface area contributed by atoms with Crippen LogP contribution in [0.5, 0.6) is 0 Å². The summed E-state index contributed by atoms with van der Waals surface area (Å²) in [6.45, 7) is 6.10. The number of hydrogen-bond acceptors (Lipinski definition) is 5. The number of rotatable bonds is 6. The highest BCUT2D eigenvalue weighted by Crippen LogP contribution is 2.39. The summed E-state index contributed by atoms with van der Waals surface area (Å²) in [6, 6.07) is 9.14. The Hall–Kier alpha value is -3.08. The molecule has 0 spiro atoms. The number of amides is 1. The zero-order valence-corrected chi connectivity index (χ0v) is 18.5. The van der Waals surface area contributed by atoms with Crippen molar-refractivity contribution in [3.8, 4) is 5.69 Å². The molecule has 0 aliphatic heterocycles. The molecule has 0 radical (unpaired) electrons. The normalized spacial score (nSPS) is 13.2. The second-order valence-electron chi connectivity index (χ2n) is 7.73. The number of hydrogen-bond donors (Lipinski definition) is 2. The third kappa shape index (κ3) is 4.57. The van der Waals surface area contributed by atoms with Gasteiger partial charge >= 0.3 is 12.1 Å². The number of carboxylic acid groups (broad SMARTS) is 1. The van der Waals surface area contributed by atoms with E-state index in [-0.39, 0.29) is 10.8 Å².